The van der Waals surface area contributed by atoms with Gasteiger partial charge in [0.05, 0.1) is 18.6 Å². The van der Waals surface area contributed by atoms with Crippen LogP contribution < -0.4 is 19.1 Å². The van der Waals surface area contributed by atoms with Gasteiger partial charge in [-0.25, -0.2) is 8.42 Å². The Balaban J connectivity index is 1.50. The van der Waals surface area contributed by atoms with E-state index in [1.807, 2.05) is 18.2 Å². The number of hydrogen-bond acceptors (Lipinski definition) is 6. The molecule has 0 aliphatic carbocycles. The Labute approximate surface area is 175 Å². The van der Waals surface area contributed by atoms with Crippen molar-refractivity contribution in [2.45, 2.75) is 13.3 Å². The van der Waals surface area contributed by atoms with E-state index in [0.717, 1.165) is 5.56 Å². The molecular weight excluding hydrogens is 408 g/mol. The molecule has 0 spiro atoms. The molecular formula is C21H24N2O6S. The molecule has 0 fully saturated rings. The van der Waals surface area contributed by atoms with Gasteiger partial charge in [-0.1, -0.05) is 18.2 Å². The number of carbonyl (C=O) groups excluding carboxylic acids is 2. The number of para-hydroxylation sites is 1. The molecule has 1 aliphatic heterocycles. The summed E-state index contributed by atoms with van der Waals surface area (Å²) in [5.74, 6) is -0.113. The average Bonchev–Trinajstić information content (AvgIpc) is 3.17. The summed E-state index contributed by atoms with van der Waals surface area (Å²) in [5.41, 5.74) is 2.17. The number of Topliss-reactive ketones (excluding diaryl/α,β-unsaturated/α-hetero) is 1. The molecule has 0 atom stereocenters. The fourth-order valence-electron chi connectivity index (χ4n) is 3.23. The van der Waals surface area contributed by atoms with E-state index in [4.69, 9.17) is 9.47 Å². The van der Waals surface area contributed by atoms with Gasteiger partial charge in [0.1, 0.15) is 0 Å². The smallest absolute Gasteiger partial charge is 0.257 e. The Bertz CT molecular complexity index is 1050. The summed E-state index contributed by atoms with van der Waals surface area (Å²) in [4.78, 5) is 23.5. The zero-order chi connectivity index (χ0) is 21.7. The number of benzene rings is 2. The highest BCUT2D eigenvalue weighted by Crippen LogP contribution is 2.30. The molecule has 30 heavy (non-hydrogen) atoms. The Morgan fingerprint density at radius 2 is 1.90 bits per heavy atom. The molecule has 8 nitrogen and oxygen atoms in total. The molecule has 2 aromatic rings. The van der Waals surface area contributed by atoms with Crippen molar-refractivity contribution in [2.75, 3.05) is 36.9 Å². The van der Waals surface area contributed by atoms with Crippen LogP contribution in [0.15, 0.2) is 42.5 Å². The van der Waals surface area contributed by atoms with Gasteiger partial charge in [-0.15, -0.1) is 0 Å². The number of ether oxygens (including phenoxy) is 2. The van der Waals surface area contributed by atoms with Crippen molar-refractivity contribution in [1.29, 1.82) is 0 Å². The number of nitrogens with zero attached hydrogens (tertiary/aromatic N) is 1. The summed E-state index contributed by atoms with van der Waals surface area (Å²) in [5, 5.41) is 2.56. The summed E-state index contributed by atoms with van der Waals surface area (Å²) >= 11 is 0. The molecule has 2 aromatic carbocycles. The van der Waals surface area contributed by atoms with Crippen LogP contribution in [0.1, 0.15) is 22.8 Å². The van der Waals surface area contributed by atoms with Crippen molar-refractivity contribution in [3.63, 3.8) is 0 Å². The van der Waals surface area contributed by atoms with Crippen molar-refractivity contribution in [3.05, 3.63) is 53.6 Å². The van der Waals surface area contributed by atoms with Crippen LogP contribution in [0.2, 0.25) is 0 Å². The highest BCUT2D eigenvalue weighted by atomic mass is 32.2. The minimum absolute atomic E-state index is 0.0242. The highest BCUT2D eigenvalue weighted by Gasteiger charge is 2.28. The molecule has 0 bridgehead atoms. The van der Waals surface area contributed by atoms with E-state index in [2.05, 4.69) is 5.32 Å². The van der Waals surface area contributed by atoms with Crippen LogP contribution in [0.3, 0.4) is 0 Å². The SMILES string of the molecule is COc1cc(C(C)=O)ccc1OCC(=O)NCCS(=O)(=O)N1CCc2ccccc21. The van der Waals surface area contributed by atoms with Crippen LogP contribution >= 0.6 is 0 Å². The normalized spacial score (nSPS) is 12.9. The molecule has 9 heteroatoms. The fraction of sp³-hybridized carbons (Fsp3) is 0.333. The zero-order valence-electron chi connectivity index (χ0n) is 16.9. The van der Waals surface area contributed by atoms with E-state index in [0.29, 0.717) is 35.7 Å². The van der Waals surface area contributed by atoms with Gasteiger partial charge in [0, 0.05) is 18.7 Å². The predicted octanol–water partition coefficient (Wildman–Crippen LogP) is 1.79. The standard InChI is InChI=1S/C21H24N2O6S/c1-15(24)17-7-8-19(20(13-17)28-2)29-14-21(25)22-10-12-30(26,27)23-11-9-16-5-3-4-6-18(16)23/h3-8,13H,9-12,14H2,1-2H3,(H,22,25). The van der Waals surface area contributed by atoms with Gasteiger partial charge in [-0.3, -0.25) is 13.9 Å². The van der Waals surface area contributed by atoms with Gasteiger partial charge in [-0.05, 0) is 43.2 Å². The molecule has 0 saturated carbocycles. The number of nitrogens with one attached hydrogen (secondary N) is 1. The first-order chi connectivity index (χ1) is 14.3. The second-order valence-electron chi connectivity index (χ2n) is 6.83. The van der Waals surface area contributed by atoms with E-state index in [1.54, 1.807) is 18.2 Å². The first-order valence-electron chi connectivity index (χ1n) is 9.48. The second-order valence-corrected chi connectivity index (χ2v) is 8.84. The number of rotatable bonds is 9. The number of carbonyl (C=O) groups is 2. The molecule has 0 unspecified atom stereocenters. The summed E-state index contributed by atoms with van der Waals surface area (Å²) in [7, 11) is -2.10. The average molecular weight is 432 g/mol. The second kappa shape index (κ2) is 9.17. The number of methoxy groups -OCH3 is 1. The van der Waals surface area contributed by atoms with Crippen molar-refractivity contribution < 1.29 is 27.5 Å². The summed E-state index contributed by atoms with van der Waals surface area (Å²) in [6, 6.07) is 12.1. The van der Waals surface area contributed by atoms with Crippen LogP contribution in [0.5, 0.6) is 11.5 Å². The number of ketones is 1. The zero-order valence-corrected chi connectivity index (χ0v) is 17.7. The van der Waals surface area contributed by atoms with Crippen LogP contribution in [0.4, 0.5) is 5.69 Å². The molecule has 160 valence electrons. The molecule has 3 rings (SSSR count). The van der Waals surface area contributed by atoms with Crippen LogP contribution in [0, 0.1) is 0 Å². The lowest BCUT2D eigenvalue weighted by Crippen LogP contribution is -2.38. The summed E-state index contributed by atoms with van der Waals surface area (Å²) in [6.45, 7) is 1.53. The third kappa shape index (κ3) is 4.91. The van der Waals surface area contributed by atoms with Crippen molar-refractivity contribution in [3.8, 4) is 11.5 Å². The number of sulfonamides is 1. The molecule has 0 radical (unpaired) electrons. The molecule has 1 aliphatic rings. The number of anilines is 1. The van der Waals surface area contributed by atoms with Crippen LogP contribution in [0.25, 0.3) is 0 Å². The molecule has 1 N–H and O–H groups in total. The number of amides is 1. The third-order valence-electron chi connectivity index (χ3n) is 4.79. The Kier molecular flexibility index (Phi) is 6.61. The maximum absolute atomic E-state index is 12.6. The predicted molar refractivity (Wildman–Crippen MR) is 113 cm³/mol. The summed E-state index contributed by atoms with van der Waals surface area (Å²) < 4.78 is 37.3. The largest absolute Gasteiger partial charge is 0.493 e. The lowest BCUT2D eigenvalue weighted by Gasteiger charge is -2.19. The highest BCUT2D eigenvalue weighted by molar-refractivity contribution is 7.92. The van der Waals surface area contributed by atoms with Gasteiger partial charge < -0.3 is 14.8 Å². The quantitative estimate of drug-likeness (QED) is 0.606. The lowest BCUT2D eigenvalue weighted by molar-refractivity contribution is -0.122. The number of fused-ring (bicyclic) bond motifs is 1. The molecule has 0 aromatic heterocycles. The first kappa shape index (κ1) is 21.6. The minimum Gasteiger partial charge on any atom is -0.493 e. The maximum atomic E-state index is 12.6. The number of hydrogen-bond donors (Lipinski definition) is 1. The topological polar surface area (TPSA) is 102 Å². The van der Waals surface area contributed by atoms with Crippen molar-refractivity contribution in [1.82, 2.24) is 5.32 Å². The summed E-state index contributed by atoms with van der Waals surface area (Å²) in [6.07, 6.45) is 0.680. The van der Waals surface area contributed by atoms with Crippen molar-refractivity contribution in [2.24, 2.45) is 0 Å². The van der Waals surface area contributed by atoms with E-state index in [-0.39, 0.29) is 24.7 Å². The van der Waals surface area contributed by atoms with Gasteiger partial charge in [0.15, 0.2) is 23.9 Å². The van der Waals surface area contributed by atoms with Crippen LogP contribution in [-0.2, 0) is 21.2 Å². The van der Waals surface area contributed by atoms with E-state index < -0.39 is 15.9 Å². The Morgan fingerprint density at radius 1 is 1.13 bits per heavy atom. The van der Waals surface area contributed by atoms with Gasteiger partial charge in [0.2, 0.25) is 10.0 Å². The van der Waals surface area contributed by atoms with Gasteiger partial charge >= 0.3 is 0 Å². The van der Waals surface area contributed by atoms with Gasteiger partial charge in [0.25, 0.3) is 5.91 Å². The maximum Gasteiger partial charge on any atom is 0.257 e. The van der Waals surface area contributed by atoms with E-state index in [9.17, 15) is 18.0 Å². The molecule has 1 heterocycles. The monoisotopic (exact) mass is 432 g/mol. The van der Waals surface area contributed by atoms with Crippen molar-refractivity contribution >= 4 is 27.4 Å². The first-order valence-corrected chi connectivity index (χ1v) is 11.1. The van der Waals surface area contributed by atoms with Gasteiger partial charge in [-0.2, -0.15) is 0 Å². The molecule has 1 amide bonds. The lowest BCUT2D eigenvalue weighted by atomic mass is 10.1. The van der Waals surface area contributed by atoms with E-state index >= 15 is 0 Å². The fourth-order valence-corrected chi connectivity index (χ4v) is 4.65. The van der Waals surface area contributed by atoms with E-state index in [1.165, 1.54) is 24.4 Å². The van der Waals surface area contributed by atoms with Crippen LogP contribution in [-0.4, -0.2) is 52.7 Å². The Hall–Kier alpha value is -3.07. The third-order valence-corrected chi connectivity index (χ3v) is 6.56. The Morgan fingerprint density at radius 3 is 2.63 bits per heavy atom. The molecule has 0 saturated heterocycles. The minimum atomic E-state index is -3.53.